The average molecular weight is 373 g/mol. The predicted octanol–water partition coefficient (Wildman–Crippen LogP) is 3.66. The van der Waals surface area contributed by atoms with E-state index in [0.29, 0.717) is 17.6 Å². The van der Waals surface area contributed by atoms with Crippen LogP contribution in [0.1, 0.15) is 23.8 Å². The van der Waals surface area contributed by atoms with Crippen LogP contribution in [0.5, 0.6) is 0 Å². The first-order chi connectivity index (χ1) is 12.4. The number of amides is 1. The Bertz CT molecular complexity index is 1010. The summed E-state index contributed by atoms with van der Waals surface area (Å²) in [5.41, 5.74) is 1.48. The number of hydrogen-bond acceptors (Lipinski definition) is 4. The second-order valence-electron chi connectivity index (χ2n) is 6.07. The number of anilines is 1. The van der Waals surface area contributed by atoms with E-state index in [0.717, 1.165) is 15.3 Å². The Hall–Kier alpha value is -2.54. The number of thiophene rings is 1. The minimum absolute atomic E-state index is 0.116. The molecule has 0 aliphatic rings. The van der Waals surface area contributed by atoms with Gasteiger partial charge in [-0.2, -0.15) is 0 Å². The topological polar surface area (TPSA) is 55.2 Å². The zero-order chi connectivity index (χ0) is 18.8. The van der Waals surface area contributed by atoms with E-state index in [-0.39, 0.29) is 30.2 Å². The zero-order valence-corrected chi connectivity index (χ0v) is 15.8. The van der Waals surface area contributed by atoms with E-state index >= 15 is 0 Å². The molecule has 136 valence electrons. The number of hydrogen-bond donors (Lipinski definition) is 0. The van der Waals surface area contributed by atoms with Gasteiger partial charge in [-0.15, -0.1) is 11.3 Å². The van der Waals surface area contributed by atoms with Crippen LogP contribution in [0.15, 0.2) is 35.4 Å². The molecular weight excluding hydrogens is 353 g/mol. The number of benzene rings is 1. The summed E-state index contributed by atoms with van der Waals surface area (Å²) in [5, 5.41) is 0.633. The second-order valence-corrected chi connectivity index (χ2v) is 7.27. The zero-order valence-electron chi connectivity index (χ0n) is 15.0. The minimum atomic E-state index is -0.343. The van der Waals surface area contributed by atoms with Gasteiger partial charge >= 0.3 is 0 Å². The summed E-state index contributed by atoms with van der Waals surface area (Å²) in [5.74, 6) is -0.464. The number of rotatable bonds is 5. The fourth-order valence-electron chi connectivity index (χ4n) is 2.90. The predicted molar refractivity (Wildman–Crippen MR) is 102 cm³/mol. The van der Waals surface area contributed by atoms with Gasteiger partial charge in [-0.05, 0) is 50.6 Å². The van der Waals surface area contributed by atoms with Gasteiger partial charge in [0.1, 0.15) is 10.6 Å². The van der Waals surface area contributed by atoms with E-state index in [9.17, 15) is 14.0 Å². The molecule has 2 aromatic heterocycles. The van der Waals surface area contributed by atoms with Gasteiger partial charge < -0.3 is 4.90 Å². The Morgan fingerprint density at radius 1 is 1.27 bits per heavy atom. The standard InChI is InChI=1S/C19H20FN3O2S/c1-4-23(15-7-5-14(20)6-8-15)16(24)9-10-22-11-21-18-17(19(22)25)12(2)13(3)26-18/h5-8,11H,4,9-10H2,1-3H3. The molecule has 0 atom stereocenters. The number of nitrogens with zero attached hydrogens (tertiary/aromatic N) is 3. The maximum atomic E-state index is 13.1. The molecule has 7 heteroatoms. The highest BCUT2D eigenvalue weighted by atomic mass is 32.1. The molecule has 0 aliphatic heterocycles. The van der Waals surface area contributed by atoms with Crippen molar-refractivity contribution >= 4 is 33.1 Å². The average Bonchev–Trinajstić information content (AvgIpc) is 2.91. The number of aryl methyl sites for hydroxylation is 3. The van der Waals surface area contributed by atoms with Crippen LogP contribution in [-0.4, -0.2) is 22.0 Å². The van der Waals surface area contributed by atoms with Gasteiger partial charge in [0.25, 0.3) is 5.56 Å². The lowest BCUT2D eigenvalue weighted by Crippen LogP contribution is -2.32. The Kier molecular flexibility index (Phi) is 5.18. The van der Waals surface area contributed by atoms with Crippen LogP contribution in [-0.2, 0) is 11.3 Å². The molecule has 0 saturated heterocycles. The van der Waals surface area contributed by atoms with Crippen LogP contribution in [0.3, 0.4) is 0 Å². The Morgan fingerprint density at radius 3 is 2.62 bits per heavy atom. The molecule has 0 bridgehead atoms. The van der Waals surface area contributed by atoms with E-state index in [1.54, 1.807) is 17.0 Å². The molecule has 26 heavy (non-hydrogen) atoms. The number of fused-ring (bicyclic) bond motifs is 1. The quantitative estimate of drug-likeness (QED) is 0.686. The van der Waals surface area contributed by atoms with Gasteiger partial charge in [-0.3, -0.25) is 14.2 Å². The molecule has 5 nitrogen and oxygen atoms in total. The third kappa shape index (κ3) is 3.39. The summed E-state index contributed by atoms with van der Waals surface area (Å²) >= 11 is 1.50. The van der Waals surface area contributed by atoms with Crippen LogP contribution in [0.2, 0.25) is 0 Å². The molecule has 3 aromatic rings. The number of aromatic nitrogens is 2. The molecule has 1 aromatic carbocycles. The van der Waals surface area contributed by atoms with E-state index in [1.165, 1.54) is 34.4 Å². The van der Waals surface area contributed by atoms with Crippen LogP contribution >= 0.6 is 11.3 Å². The van der Waals surface area contributed by atoms with Crippen LogP contribution in [0.4, 0.5) is 10.1 Å². The summed E-state index contributed by atoms with van der Waals surface area (Å²) < 4.78 is 14.6. The van der Waals surface area contributed by atoms with Crippen molar-refractivity contribution in [3.63, 3.8) is 0 Å². The maximum Gasteiger partial charge on any atom is 0.262 e. The molecule has 1 amide bonds. The highest BCUT2D eigenvalue weighted by molar-refractivity contribution is 7.18. The van der Waals surface area contributed by atoms with Crippen molar-refractivity contribution in [1.29, 1.82) is 0 Å². The van der Waals surface area contributed by atoms with Gasteiger partial charge in [0.2, 0.25) is 5.91 Å². The van der Waals surface area contributed by atoms with Gasteiger partial charge in [-0.25, -0.2) is 9.37 Å². The molecule has 0 spiro atoms. The molecular formula is C19H20FN3O2S. The van der Waals surface area contributed by atoms with Crippen molar-refractivity contribution in [2.24, 2.45) is 0 Å². The van der Waals surface area contributed by atoms with E-state index in [4.69, 9.17) is 0 Å². The van der Waals surface area contributed by atoms with Crippen molar-refractivity contribution in [1.82, 2.24) is 9.55 Å². The highest BCUT2D eigenvalue weighted by Gasteiger charge is 2.16. The second kappa shape index (κ2) is 7.37. The summed E-state index contributed by atoms with van der Waals surface area (Å²) in [6, 6.07) is 5.81. The number of carbonyl (C=O) groups is 1. The lowest BCUT2D eigenvalue weighted by atomic mass is 10.2. The molecule has 3 rings (SSSR count). The Balaban J connectivity index is 1.79. The third-order valence-corrected chi connectivity index (χ3v) is 5.59. The van der Waals surface area contributed by atoms with Crippen LogP contribution in [0.25, 0.3) is 10.2 Å². The van der Waals surface area contributed by atoms with Crippen molar-refractivity contribution in [3.8, 4) is 0 Å². The van der Waals surface area contributed by atoms with Crippen LogP contribution in [0, 0.1) is 19.7 Å². The van der Waals surface area contributed by atoms with Gasteiger partial charge in [-0.1, -0.05) is 0 Å². The third-order valence-electron chi connectivity index (χ3n) is 4.48. The van der Waals surface area contributed by atoms with Gasteiger partial charge in [0.05, 0.1) is 11.7 Å². The Morgan fingerprint density at radius 2 is 1.96 bits per heavy atom. The smallest absolute Gasteiger partial charge is 0.262 e. The van der Waals surface area contributed by atoms with Crippen molar-refractivity contribution in [3.05, 3.63) is 57.2 Å². The molecule has 0 saturated carbocycles. The molecule has 0 aliphatic carbocycles. The summed E-state index contributed by atoms with van der Waals surface area (Å²) in [6.07, 6.45) is 1.67. The lowest BCUT2D eigenvalue weighted by molar-refractivity contribution is -0.118. The summed E-state index contributed by atoms with van der Waals surface area (Å²) in [4.78, 5) is 33.0. The fourth-order valence-corrected chi connectivity index (χ4v) is 3.89. The van der Waals surface area contributed by atoms with Crippen molar-refractivity contribution in [2.45, 2.75) is 33.7 Å². The largest absolute Gasteiger partial charge is 0.313 e. The Labute approximate surface area is 154 Å². The molecule has 0 radical (unpaired) electrons. The van der Waals surface area contributed by atoms with Gasteiger partial charge in [0.15, 0.2) is 0 Å². The number of halogens is 1. The van der Waals surface area contributed by atoms with E-state index < -0.39 is 0 Å². The number of carbonyl (C=O) groups excluding carboxylic acids is 1. The first-order valence-corrected chi connectivity index (χ1v) is 9.25. The summed E-state index contributed by atoms with van der Waals surface area (Å²) in [7, 11) is 0. The minimum Gasteiger partial charge on any atom is -0.313 e. The lowest BCUT2D eigenvalue weighted by Gasteiger charge is -2.21. The van der Waals surface area contributed by atoms with Crippen molar-refractivity contribution < 1.29 is 9.18 Å². The fraction of sp³-hybridized carbons (Fsp3) is 0.316. The molecule has 2 heterocycles. The van der Waals surface area contributed by atoms with E-state index in [1.807, 2.05) is 20.8 Å². The van der Waals surface area contributed by atoms with Crippen molar-refractivity contribution in [2.75, 3.05) is 11.4 Å². The first kappa shape index (κ1) is 18.3. The molecule has 0 unspecified atom stereocenters. The van der Waals surface area contributed by atoms with Gasteiger partial charge in [0, 0.05) is 30.1 Å². The summed E-state index contributed by atoms with van der Waals surface area (Å²) in [6.45, 7) is 6.47. The molecule has 0 N–H and O–H groups in total. The molecule has 0 fully saturated rings. The highest BCUT2D eigenvalue weighted by Crippen LogP contribution is 2.25. The SMILES string of the molecule is CCN(C(=O)CCn1cnc2sc(C)c(C)c2c1=O)c1ccc(F)cc1. The first-order valence-electron chi connectivity index (χ1n) is 8.43. The van der Waals surface area contributed by atoms with E-state index in [2.05, 4.69) is 4.98 Å². The van der Waals surface area contributed by atoms with Crippen LogP contribution < -0.4 is 10.5 Å². The monoisotopic (exact) mass is 373 g/mol. The maximum absolute atomic E-state index is 13.1. The normalized spacial score (nSPS) is 11.1.